The summed E-state index contributed by atoms with van der Waals surface area (Å²) in [6, 6.07) is 7.66. The van der Waals surface area contributed by atoms with Crippen LogP contribution in [0.1, 0.15) is 18.1 Å². The summed E-state index contributed by atoms with van der Waals surface area (Å²) in [7, 11) is 5.03. The highest BCUT2D eigenvalue weighted by Crippen LogP contribution is 2.13. The van der Waals surface area contributed by atoms with Crippen molar-refractivity contribution in [2.45, 2.75) is 39.0 Å². The average molecular weight is 494 g/mol. The van der Waals surface area contributed by atoms with Crippen LogP contribution in [0.25, 0.3) is 11.2 Å². The first kappa shape index (κ1) is 25.4. The maximum absolute atomic E-state index is 12.9. The van der Waals surface area contributed by atoms with E-state index in [1.807, 2.05) is 38.2 Å². The molecule has 36 heavy (non-hydrogen) atoms. The highest BCUT2D eigenvalue weighted by atomic mass is 16.5. The zero-order valence-corrected chi connectivity index (χ0v) is 20.9. The summed E-state index contributed by atoms with van der Waals surface area (Å²) >= 11 is 0. The first-order valence-electron chi connectivity index (χ1n) is 11.7. The van der Waals surface area contributed by atoms with E-state index in [0.29, 0.717) is 37.5 Å². The van der Waals surface area contributed by atoms with Crippen molar-refractivity contribution < 1.29 is 9.47 Å². The van der Waals surface area contributed by atoms with E-state index in [1.165, 1.54) is 11.6 Å². The Morgan fingerprint density at radius 2 is 1.61 bits per heavy atom. The predicted molar refractivity (Wildman–Crippen MR) is 134 cm³/mol. The summed E-state index contributed by atoms with van der Waals surface area (Å²) in [5, 5.41) is 0. The standard InChI is InChI=1S/C25H31N7O4/c1-18(35-15-19-7-5-9-26-11-19)29(2)13-21(36-16-20-8-6-10-27-12-20)14-32-17-28-23-22(32)24(33)31(4)25(34)30(23)3/h5-12,17-18,21H,13-16H2,1-4H3. The molecule has 0 aliphatic rings. The molecule has 0 amide bonds. The first-order chi connectivity index (χ1) is 17.3. The van der Waals surface area contributed by atoms with Crippen LogP contribution in [0.4, 0.5) is 0 Å². The van der Waals surface area contributed by atoms with Gasteiger partial charge in [0, 0.05) is 45.4 Å². The molecule has 0 fully saturated rings. The zero-order chi connectivity index (χ0) is 25.7. The van der Waals surface area contributed by atoms with E-state index in [0.717, 1.165) is 15.7 Å². The van der Waals surface area contributed by atoms with E-state index in [2.05, 4.69) is 19.9 Å². The van der Waals surface area contributed by atoms with Gasteiger partial charge in [-0.1, -0.05) is 12.1 Å². The zero-order valence-electron chi connectivity index (χ0n) is 20.9. The molecule has 11 nitrogen and oxygen atoms in total. The van der Waals surface area contributed by atoms with Crippen LogP contribution in [0.2, 0.25) is 0 Å². The number of likely N-dealkylation sites (N-methyl/N-ethyl adjacent to an activating group) is 1. The minimum Gasteiger partial charge on any atom is -0.370 e. The largest absolute Gasteiger partial charge is 0.370 e. The molecular formula is C25H31N7O4. The van der Waals surface area contributed by atoms with Crippen LogP contribution in [0.5, 0.6) is 0 Å². The van der Waals surface area contributed by atoms with Crippen molar-refractivity contribution in [3.63, 3.8) is 0 Å². The number of rotatable bonds is 11. The van der Waals surface area contributed by atoms with Crippen molar-refractivity contribution >= 4 is 11.2 Å². The summed E-state index contributed by atoms with van der Waals surface area (Å²) in [6.45, 7) is 3.67. The lowest BCUT2D eigenvalue weighted by Gasteiger charge is -2.29. The molecule has 0 bridgehead atoms. The highest BCUT2D eigenvalue weighted by Gasteiger charge is 2.21. The maximum atomic E-state index is 12.9. The molecule has 0 aromatic carbocycles. The van der Waals surface area contributed by atoms with Crippen molar-refractivity contribution in [1.82, 2.24) is 33.6 Å². The molecule has 4 heterocycles. The maximum Gasteiger partial charge on any atom is 0.332 e. The van der Waals surface area contributed by atoms with Gasteiger partial charge in [0.1, 0.15) is 6.23 Å². The van der Waals surface area contributed by atoms with Gasteiger partial charge in [-0.25, -0.2) is 9.78 Å². The van der Waals surface area contributed by atoms with Gasteiger partial charge < -0.3 is 14.0 Å². The number of fused-ring (bicyclic) bond motifs is 1. The van der Waals surface area contributed by atoms with Crippen molar-refractivity contribution in [1.29, 1.82) is 0 Å². The molecule has 0 spiro atoms. The fourth-order valence-electron chi connectivity index (χ4n) is 3.91. The third-order valence-corrected chi connectivity index (χ3v) is 6.15. The molecule has 11 heteroatoms. The lowest BCUT2D eigenvalue weighted by molar-refractivity contribution is -0.0735. The number of aromatic nitrogens is 6. The second-order valence-corrected chi connectivity index (χ2v) is 8.78. The number of hydrogen-bond acceptors (Lipinski definition) is 8. The Hall–Kier alpha value is -3.67. The Bertz CT molecular complexity index is 1400. The Balaban J connectivity index is 1.53. The molecule has 0 aliphatic heterocycles. The lowest BCUT2D eigenvalue weighted by Crippen LogP contribution is -2.41. The van der Waals surface area contributed by atoms with Crippen LogP contribution in [0.15, 0.2) is 65.0 Å². The van der Waals surface area contributed by atoms with Crippen molar-refractivity contribution in [2.24, 2.45) is 14.1 Å². The summed E-state index contributed by atoms with van der Waals surface area (Å²) in [6.07, 6.45) is 8.07. The van der Waals surface area contributed by atoms with E-state index >= 15 is 0 Å². The van der Waals surface area contributed by atoms with Gasteiger partial charge in [0.2, 0.25) is 0 Å². The fourth-order valence-corrected chi connectivity index (χ4v) is 3.91. The molecule has 190 valence electrons. The summed E-state index contributed by atoms with van der Waals surface area (Å²) in [4.78, 5) is 39.9. The SMILES string of the molecule is CC(OCc1cccnc1)N(C)CC(Cn1cnc2c1c(=O)n(C)c(=O)n2C)OCc1cccnc1. The number of hydrogen-bond donors (Lipinski definition) is 0. The third kappa shape index (κ3) is 5.76. The van der Waals surface area contributed by atoms with Gasteiger partial charge in [0.15, 0.2) is 11.2 Å². The van der Waals surface area contributed by atoms with Crippen LogP contribution >= 0.6 is 0 Å². The Kier molecular flexibility index (Phi) is 8.04. The molecule has 0 saturated heterocycles. The molecule has 4 aromatic heterocycles. The van der Waals surface area contributed by atoms with Gasteiger partial charge in [-0.2, -0.15) is 0 Å². The molecule has 0 radical (unpaired) electrons. The Morgan fingerprint density at radius 1 is 0.972 bits per heavy atom. The van der Waals surface area contributed by atoms with Crippen LogP contribution < -0.4 is 11.2 Å². The summed E-state index contributed by atoms with van der Waals surface area (Å²) in [5.74, 6) is 0. The predicted octanol–water partition coefficient (Wildman–Crippen LogP) is 1.30. The molecule has 2 unspecified atom stereocenters. The van der Waals surface area contributed by atoms with Crippen molar-refractivity contribution in [2.75, 3.05) is 13.6 Å². The van der Waals surface area contributed by atoms with E-state index < -0.39 is 11.2 Å². The fraction of sp³-hybridized carbons (Fsp3) is 0.400. The average Bonchev–Trinajstić information content (AvgIpc) is 3.32. The topological polar surface area (TPSA) is 109 Å². The Morgan fingerprint density at radius 3 is 2.22 bits per heavy atom. The quantitative estimate of drug-likeness (QED) is 0.288. The van der Waals surface area contributed by atoms with E-state index in [1.54, 1.807) is 42.7 Å². The summed E-state index contributed by atoms with van der Waals surface area (Å²) < 4.78 is 16.5. The minimum absolute atomic E-state index is 0.192. The molecule has 4 aromatic rings. The second-order valence-electron chi connectivity index (χ2n) is 8.78. The van der Waals surface area contributed by atoms with Crippen molar-refractivity contribution in [3.8, 4) is 0 Å². The Labute approximate surface area is 208 Å². The van der Waals surface area contributed by atoms with E-state index in [9.17, 15) is 9.59 Å². The molecule has 0 aliphatic carbocycles. The van der Waals surface area contributed by atoms with E-state index in [-0.39, 0.29) is 12.3 Å². The number of nitrogens with zero attached hydrogens (tertiary/aromatic N) is 7. The van der Waals surface area contributed by atoms with Gasteiger partial charge in [0.25, 0.3) is 5.56 Å². The van der Waals surface area contributed by atoms with Gasteiger partial charge in [-0.15, -0.1) is 0 Å². The van der Waals surface area contributed by atoms with Crippen LogP contribution in [0.3, 0.4) is 0 Å². The first-order valence-corrected chi connectivity index (χ1v) is 11.7. The van der Waals surface area contributed by atoms with Crippen LogP contribution in [-0.2, 0) is 43.3 Å². The van der Waals surface area contributed by atoms with Gasteiger partial charge in [-0.3, -0.25) is 28.8 Å². The van der Waals surface area contributed by atoms with Gasteiger partial charge >= 0.3 is 5.69 Å². The molecule has 0 saturated carbocycles. The minimum atomic E-state index is -0.415. The number of imidazole rings is 1. The molecule has 2 atom stereocenters. The third-order valence-electron chi connectivity index (χ3n) is 6.15. The molecule has 4 rings (SSSR count). The van der Waals surface area contributed by atoms with Crippen LogP contribution in [-0.4, -0.2) is 59.5 Å². The molecule has 0 N–H and O–H groups in total. The number of aryl methyl sites for hydroxylation is 1. The lowest BCUT2D eigenvalue weighted by atomic mass is 10.2. The number of ether oxygens (including phenoxy) is 2. The van der Waals surface area contributed by atoms with Crippen LogP contribution in [0, 0.1) is 0 Å². The second kappa shape index (κ2) is 11.4. The number of pyridine rings is 2. The molecular weight excluding hydrogens is 462 g/mol. The normalized spacial score (nSPS) is 13.4. The monoisotopic (exact) mass is 493 g/mol. The van der Waals surface area contributed by atoms with Gasteiger partial charge in [-0.05, 0) is 37.2 Å². The summed E-state index contributed by atoms with van der Waals surface area (Å²) in [5.41, 5.74) is 1.83. The smallest absolute Gasteiger partial charge is 0.332 e. The van der Waals surface area contributed by atoms with Gasteiger partial charge in [0.05, 0.1) is 32.2 Å². The highest BCUT2D eigenvalue weighted by molar-refractivity contribution is 5.69. The van der Waals surface area contributed by atoms with E-state index in [4.69, 9.17) is 9.47 Å². The van der Waals surface area contributed by atoms with Crippen molar-refractivity contribution in [3.05, 3.63) is 87.3 Å².